The van der Waals surface area contributed by atoms with Crippen molar-refractivity contribution in [3.05, 3.63) is 52.2 Å². The van der Waals surface area contributed by atoms with Crippen LogP contribution in [0.2, 0.25) is 0 Å². The molecule has 2 aliphatic carbocycles. The van der Waals surface area contributed by atoms with Crippen LogP contribution in [0, 0.1) is 23.1 Å². The van der Waals surface area contributed by atoms with E-state index >= 15 is 0 Å². The van der Waals surface area contributed by atoms with Crippen LogP contribution in [0.25, 0.3) is 11.0 Å². The maximum atomic E-state index is 14.6. The number of methoxy groups -OCH3 is 2. The maximum absolute atomic E-state index is 14.6. The van der Waals surface area contributed by atoms with Crippen LogP contribution in [0.3, 0.4) is 0 Å². The SMILES string of the molecule is COc1cc(N(CC2CC2)[C@H]2CC[C@@H](N(C)c3cc(=O)n(C)c4ccc(C#N)nc34)CC2)cc(OC)c1F. The van der Waals surface area contributed by atoms with Crippen LogP contribution in [-0.2, 0) is 7.05 Å². The molecule has 0 bridgehead atoms. The lowest BCUT2D eigenvalue weighted by atomic mass is 9.88. The highest BCUT2D eigenvalue weighted by atomic mass is 19.1. The first-order valence-corrected chi connectivity index (χ1v) is 13.2. The minimum Gasteiger partial charge on any atom is -0.493 e. The van der Waals surface area contributed by atoms with E-state index in [2.05, 4.69) is 20.9 Å². The second-order valence-corrected chi connectivity index (χ2v) is 10.4. The fourth-order valence-corrected chi connectivity index (χ4v) is 5.66. The standard InChI is InChI=1S/C29H34FN5O3/c1-33(24-15-27(36)34(2)23-12-7-19(16-31)32-29(23)24)20-8-10-21(11-9-20)35(17-18-5-6-18)22-13-25(37-3)28(30)26(14-22)38-4/h7,12-15,18,20-21H,5-6,8-11,17H2,1-4H3/t20-,21+. The summed E-state index contributed by atoms with van der Waals surface area (Å²) in [5, 5.41) is 9.39. The lowest BCUT2D eigenvalue weighted by molar-refractivity contribution is 0.347. The molecule has 3 aromatic rings. The van der Waals surface area contributed by atoms with Crippen molar-refractivity contribution in [1.29, 1.82) is 5.26 Å². The molecule has 0 amide bonds. The molecule has 0 spiro atoms. The predicted molar refractivity (Wildman–Crippen MR) is 146 cm³/mol. The van der Waals surface area contributed by atoms with E-state index in [-0.39, 0.29) is 23.1 Å². The van der Waals surface area contributed by atoms with Gasteiger partial charge in [-0.05, 0) is 56.6 Å². The van der Waals surface area contributed by atoms with Gasteiger partial charge in [0.15, 0.2) is 11.5 Å². The number of fused-ring (bicyclic) bond motifs is 1. The number of nitriles is 1. The molecule has 200 valence electrons. The number of halogens is 1. The monoisotopic (exact) mass is 519 g/mol. The van der Waals surface area contributed by atoms with E-state index in [4.69, 9.17) is 9.47 Å². The van der Waals surface area contributed by atoms with Crippen LogP contribution < -0.4 is 24.8 Å². The van der Waals surface area contributed by atoms with Crippen molar-refractivity contribution in [3.63, 3.8) is 0 Å². The van der Waals surface area contributed by atoms with Crippen molar-refractivity contribution in [2.45, 2.75) is 50.6 Å². The van der Waals surface area contributed by atoms with Gasteiger partial charge in [0.25, 0.3) is 5.56 Å². The van der Waals surface area contributed by atoms with Gasteiger partial charge in [0.05, 0.1) is 25.4 Å². The summed E-state index contributed by atoms with van der Waals surface area (Å²) in [7, 11) is 6.69. The molecular formula is C29H34FN5O3. The van der Waals surface area contributed by atoms with E-state index in [1.165, 1.54) is 27.1 Å². The Morgan fingerprint density at radius 1 is 1.05 bits per heavy atom. The van der Waals surface area contributed by atoms with Crippen LogP contribution >= 0.6 is 0 Å². The minimum absolute atomic E-state index is 0.102. The molecule has 38 heavy (non-hydrogen) atoms. The van der Waals surface area contributed by atoms with Gasteiger partial charge in [-0.25, -0.2) is 4.98 Å². The van der Waals surface area contributed by atoms with E-state index in [1.807, 2.05) is 7.05 Å². The zero-order valence-corrected chi connectivity index (χ0v) is 22.4. The Bertz CT molecular complexity index is 1410. The first kappa shape index (κ1) is 25.8. The molecule has 0 N–H and O–H groups in total. The van der Waals surface area contributed by atoms with Gasteiger partial charge in [0.2, 0.25) is 5.82 Å². The molecule has 2 fully saturated rings. The van der Waals surface area contributed by atoms with Crippen LogP contribution in [0.5, 0.6) is 11.5 Å². The molecule has 1 aromatic carbocycles. The Labute approximate surface area is 222 Å². The minimum atomic E-state index is -0.482. The van der Waals surface area contributed by atoms with Gasteiger partial charge in [-0.2, -0.15) is 9.65 Å². The quantitative estimate of drug-likeness (QED) is 0.429. The van der Waals surface area contributed by atoms with Crippen LogP contribution in [-0.4, -0.2) is 49.4 Å². The molecule has 2 aromatic heterocycles. The topological polar surface area (TPSA) is 83.6 Å². The molecule has 2 saturated carbocycles. The molecule has 2 aliphatic rings. The molecule has 0 aliphatic heterocycles. The van der Waals surface area contributed by atoms with E-state index in [0.717, 1.165) is 43.6 Å². The summed E-state index contributed by atoms with van der Waals surface area (Å²) < 4.78 is 26.8. The Morgan fingerprint density at radius 3 is 2.26 bits per heavy atom. The first-order valence-electron chi connectivity index (χ1n) is 13.2. The molecule has 5 rings (SSSR count). The second kappa shape index (κ2) is 10.5. The van der Waals surface area contributed by atoms with Crippen LogP contribution in [0.1, 0.15) is 44.2 Å². The van der Waals surface area contributed by atoms with Gasteiger partial charge in [0, 0.05) is 56.6 Å². The number of ether oxygens (including phenoxy) is 2. The molecule has 8 nitrogen and oxygen atoms in total. The lowest BCUT2D eigenvalue weighted by Gasteiger charge is -2.41. The third-order valence-electron chi connectivity index (χ3n) is 8.13. The number of hydrogen-bond acceptors (Lipinski definition) is 7. The van der Waals surface area contributed by atoms with Crippen molar-refractivity contribution in [2.75, 3.05) is 37.6 Å². The maximum Gasteiger partial charge on any atom is 0.252 e. The molecule has 0 saturated heterocycles. The summed E-state index contributed by atoms with van der Waals surface area (Å²) >= 11 is 0. The highest BCUT2D eigenvalue weighted by Gasteiger charge is 2.33. The Hall–Kier alpha value is -3.80. The molecule has 2 heterocycles. The fraction of sp³-hybridized carbons (Fsp3) is 0.483. The average molecular weight is 520 g/mol. The summed E-state index contributed by atoms with van der Waals surface area (Å²) in [5.41, 5.74) is 3.28. The zero-order chi connectivity index (χ0) is 27.0. The zero-order valence-electron chi connectivity index (χ0n) is 22.4. The van der Waals surface area contributed by atoms with Gasteiger partial charge >= 0.3 is 0 Å². The van der Waals surface area contributed by atoms with Gasteiger partial charge in [-0.3, -0.25) is 4.79 Å². The van der Waals surface area contributed by atoms with Crippen molar-refractivity contribution >= 4 is 22.4 Å². The Balaban J connectivity index is 1.39. The van der Waals surface area contributed by atoms with Crippen molar-refractivity contribution in [2.24, 2.45) is 13.0 Å². The van der Waals surface area contributed by atoms with Crippen molar-refractivity contribution < 1.29 is 13.9 Å². The summed E-state index contributed by atoms with van der Waals surface area (Å²) in [6, 6.07) is 11.3. The Morgan fingerprint density at radius 2 is 1.68 bits per heavy atom. The van der Waals surface area contributed by atoms with Crippen LogP contribution in [0.15, 0.2) is 35.1 Å². The molecule has 0 unspecified atom stereocenters. The summed E-state index contributed by atoms with van der Waals surface area (Å²) in [6.07, 6.45) is 6.24. The Kier molecular flexibility index (Phi) is 7.15. The van der Waals surface area contributed by atoms with Gasteiger partial charge in [-0.1, -0.05) is 0 Å². The number of hydrogen-bond donors (Lipinski definition) is 0. The average Bonchev–Trinajstić information content (AvgIpc) is 3.77. The van der Waals surface area contributed by atoms with Gasteiger partial charge in [-0.15, -0.1) is 0 Å². The van der Waals surface area contributed by atoms with E-state index in [9.17, 15) is 14.4 Å². The van der Waals surface area contributed by atoms with E-state index in [0.29, 0.717) is 28.7 Å². The summed E-state index contributed by atoms with van der Waals surface area (Å²) in [6.45, 7) is 0.934. The number of anilines is 2. The van der Waals surface area contributed by atoms with E-state index in [1.54, 1.807) is 41.9 Å². The lowest BCUT2D eigenvalue weighted by Crippen LogP contribution is -2.44. The predicted octanol–water partition coefficient (Wildman–Crippen LogP) is 4.63. The van der Waals surface area contributed by atoms with Crippen molar-refractivity contribution in [3.8, 4) is 17.6 Å². The van der Waals surface area contributed by atoms with E-state index < -0.39 is 5.82 Å². The molecule has 0 atom stereocenters. The number of benzene rings is 1. The number of aryl methyl sites for hydroxylation is 1. The molecule has 0 radical (unpaired) electrons. The fourth-order valence-electron chi connectivity index (χ4n) is 5.66. The van der Waals surface area contributed by atoms with Crippen molar-refractivity contribution in [1.82, 2.24) is 9.55 Å². The number of rotatable bonds is 8. The third-order valence-corrected chi connectivity index (χ3v) is 8.13. The highest BCUT2D eigenvalue weighted by Crippen LogP contribution is 2.40. The van der Waals surface area contributed by atoms with Crippen LogP contribution in [0.4, 0.5) is 15.8 Å². The largest absolute Gasteiger partial charge is 0.493 e. The third kappa shape index (κ3) is 4.87. The van der Waals surface area contributed by atoms with Gasteiger partial charge in [0.1, 0.15) is 17.3 Å². The number of nitrogens with zero attached hydrogens (tertiary/aromatic N) is 5. The molecular weight excluding hydrogens is 485 g/mol. The smallest absolute Gasteiger partial charge is 0.252 e. The summed E-state index contributed by atoms with van der Waals surface area (Å²) in [5.74, 6) is 0.556. The first-order chi connectivity index (χ1) is 18.3. The number of pyridine rings is 2. The summed E-state index contributed by atoms with van der Waals surface area (Å²) in [4.78, 5) is 21.8. The second-order valence-electron chi connectivity index (χ2n) is 10.4. The van der Waals surface area contributed by atoms with Gasteiger partial charge < -0.3 is 23.8 Å². The normalized spacial score (nSPS) is 19.2. The highest BCUT2D eigenvalue weighted by molar-refractivity contribution is 5.88. The molecule has 9 heteroatoms. The number of aromatic nitrogens is 2.